The summed E-state index contributed by atoms with van der Waals surface area (Å²) < 4.78 is 0. The van der Waals surface area contributed by atoms with Crippen molar-refractivity contribution in [3.63, 3.8) is 0 Å². The van der Waals surface area contributed by atoms with Crippen LogP contribution < -0.4 is 10.6 Å². The fourth-order valence-electron chi connectivity index (χ4n) is 3.68. The number of urea groups is 1. The second-order valence-corrected chi connectivity index (χ2v) is 9.59. The number of amides is 3. The highest BCUT2D eigenvalue weighted by Crippen LogP contribution is 2.34. The van der Waals surface area contributed by atoms with Gasteiger partial charge in [0, 0.05) is 19.6 Å². The van der Waals surface area contributed by atoms with Gasteiger partial charge >= 0.3 is 12.0 Å². The van der Waals surface area contributed by atoms with Crippen LogP contribution in [0.15, 0.2) is 0 Å². The van der Waals surface area contributed by atoms with Gasteiger partial charge in [0.2, 0.25) is 0 Å². The smallest absolute Gasteiger partial charge is 0.339 e. The number of carbonyl (C=O) groups excluding carboxylic acids is 2. The Morgan fingerprint density at radius 1 is 0.848 bits per heavy atom. The molecule has 3 amide bonds. The fraction of sp³-hybridized carbons (Fsp3) is 0.720. The molecule has 33 heavy (non-hydrogen) atoms. The number of carboxylic acids is 1. The molecule has 0 aliphatic rings. The standard InChI is InChI=1S/C25H43N3O4S/c1-5-8-11-12-13-14-16-26-25(32)27-22-20(24(30)31)19(4)21(33-22)23(29)28(17-10-7-3)18-15-9-6-2/h5-18H2,1-4H3,(H,30,31)(H2,26,27,32). The zero-order valence-corrected chi connectivity index (χ0v) is 21.7. The van der Waals surface area contributed by atoms with Gasteiger partial charge in [0.25, 0.3) is 5.91 Å². The van der Waals surface area contributed by atoms with Crippen LogP contribution in [0.2, 0.25) is 0 Å². The summed E-state index contributed by atoms with van der Waals surface area (Å²) in [5.74, 6) is -1.29. The summed E-state index contributed by atoms with van der Waals surface area (Å²) >= 11 is 1.06. The van der Waals surface area contributed by atoms with Gasteiger partial charge in [-0.05, 0) is 31.7 Å². The van der Waals surface area contributed by atoms with Crippen molar-refractivity contribution in [2.45, 2.75) is 98.3 Å². The highest BCUT2D eigenvalue weighted by molar-refractivity contribution is 7.18. The molecule has 0 bridgehead atoms. The molecule has 1 aromatic rings. The summed E-state index contributed by atoms with van der Waals surface area (Å²) in [6.45, 7) is 9.89. The Hall–Kier alpha value is -2.09. The minimum Gasteiger partial charge on any atom is -0.478 e. The number of nitrogens with zero attached hydrogens (tertiary/aromatic N) is 1. The summed E-state index contributed by atoms with van der Waals surface area (Å²) in [5, 5.41) is 15.4. The molecule has 1 heterocycles. The first-order valence-corrected chi connectivity index (χ1v) is 13.4. The van der Waals surface area contributed by atoms with Crippen LogP contribution in [-0.2, 0) is 0 Å². The van der Waals surface area contributed by atoms with E-state index in [2.05, 4.69) is 31.4 Å². The lowest BCUT2D eigenvalue weighted by molar-refractivity contribution is 0.0697. The van der Waals surface area contributed by atoms with Gasteiger partial charge in [-0.3, -0.25) is 10.1 Å². The van der Waals surface area contributed by atoms with Crippen molar-refractivity contribution in [2.24, 2.45) is 0 Å². The molecule has 0 aliphatic carbocycles. The second kappa shape index (κ2) is 16.5. The van der Waals surface area contributed by atoms with Crippen molar-refractivity contribution in [2.75, 3.05) is 25.0 Å². The van der Waals surface area contributed by atoms with E-state index in [-0.39, 0.29) is 16.5 Å². The molecule has 0 atom stereocenters. The predicted octanol–water partition coefficient (Wildman–Crippen LogP) is 6.67. The number of carboxylic acid groups (broad SMARTS) is 1. The average Bonchev–Trinajstić information content (AvgIpc) is 3.10. The van der Waals surface area contributed by atoms with Crippen LogP contribution in [0.1, 0.15) is 117 Å². The van der Waals surface area contributed by atoms with E-state index in [0.717, 1.165) is 62.7 Å². The molecule has 1 rings (SSSR count). The van der Waals surface area contributed by atoms with Crippen molar-refractivity contribution >= 4 is 34.2 Å². The zero-order chi connectivity index (χ0) is 24.6. The van der Waals surface area contributed by atoms with Crippen molar-refractivity contribution < 1.29 is 19.5 Å². The Morgan fingerprint density at radius 3 is 2.06 bits per heavy atom. The second-order valence-electron chi connectivity index (χ2n) is 8.57. The molecule has 8 heteroatoms. The van der Waals surface area contributed by atoms with Crippen LogP contribution in [0.4, 0.5) is 9.80 Å². The van der Waals surface area contributed by atoms with Crippen LogP contribution in [0.5, 0.6) is 0 Å². The van der Waals surface area contributed by atoms with E-state index in [1.165, 1.54) is 19.3 Å². The highest BCUT2D eigenvalue weighted by atomic mass is 32.1. The molecular weight excluding hydrogens is 438 g/mol. The van der Waals surface area contributed by atoms with Crippen LogP contribution in [0.3, 0.4) is 0 Å². The maximum absolute atomic E-state index is 13.3. The largest absolute Gasteiger partial charge is 0.478 e. The van der Waals surface area contributed by atoms with E-state index in [0.29, 0.717) is 30.1 Å². The molecule has 0 aliphatic heterocycles. The first-order valence-electron chi connectivity index (χ1n) is 12.6. The first-order chi connectivity index (χ1) is 15.9. The molecule has 0 unspecified atom stereocenters. The van der Waals surface area contributed by atoms with Gasteiger partial charge in [-0.2, -0.15) is 0 Å². The maximum atomic E-state index is 13.3. The van der Waals surface area contributed by atoms with Crippen molar-refractivity contribution in [3.8, 4) is 0 Å². The van der Waals surface area contributed by atoms with E-state index < -0.39 is 12.0 Å². The Morgan fingerprint density at radius 2 is 1.42 bits per heavy atom. The zero-order valence-electron chi connectivity index (χ0n) is 20.9. The third-order valence-electron chi connectivity index (χ3n) is 5.70. The molecule has 3 N–H and O–H groups in total. The lowest BCUT2D eigenvalue weighted by Crippen LogP contribution is -2.33. The van der Waals surface area contributed by atoms with Crippen molar-refractivity contribution in [1.29, 1.82) is 0 Å². The molecule has 0 fully saturated rings. The molecule has 0 spiro atoms. The van der Waals surface area contributed by atoms with Gasteiger partial charge < -0.3 is 15.3 Å². The van der Waals surface area contributed by atoms with E-state index in [1.807, 2.05) is 4.90 Å². The van der Waals surface area contributed by atoms with Crippen LogP contribution in [0.25, 0.3) is 0 Å². The van der Waals surface area contributed by atoms with E-state index in [4.69, 9.17) is 0 Å². The molecular formula is C25H43N3O4S. The van der Waals surface area contributed by atoms with Gasteiger partial charge in [-0.25, -0.2) is 9.59 Å². The number of nitrogens with one attached hydrogen (secondary N) is 2. The monoisotopic (exact) mass is 481 g/mol. The summed E-state index contributed by atoms with van der Waals surface area (Å²) in [6, 6.07) is -0.433. The van der Waals surface area contributed by atoms with Gasteiger partial charge in [-0.15, -0.1) is 11.3 Å². The average molecular weight is 482 g/mol. The number of rotatable bonds is 17. The quantitative estimate of drug-likeness (QED) is 0.216. The Bertz CT molecular complexity index is 748. The third kappa shape index (κ3) is 10.2. The topological polar surface area (TPSA) is 98.7 Å². The SMILES string of the molecule is CCCCCCCCNC(=O)Nc1sc(C(=O)N(CCCC)CCCCC)c(C)c1C(=O)O. The Labute approximate surface area is 203 Å². The predicted molar refractivity (Wildman–Crippen MR) is 137 cm³/mol. The van der Waals surface area contributed by atoms with Crippen LogP contribution >= 0.6 is 11.3 Å². The maximum Gasteiger partial charge on any atom is 0.339 e. The van der Waals surface area contributed by atoms with E-state index in [9.17, 15) is 19.5 Å². The number of hydrogen-bond acceptors (Lipinski definition) is 4. The number of unbranched alkanes of at least 4 members (excludes halogenated alkanes) is 8. The highest BCUT2D eigenvalue weighted by Gasteiger charge is 2.27. The van der Waals surface area contributed by atoms with E-state index in [1.54, 1.807) is 6.92 Å². The van der Waals surface area contributed by atoms with Crippen LogP contribution in [-0.4, -0.2) is 47.5 Å². The molecule has 7 nitrogen and oxygen atoms in total. The van der Waals surface area contributed by atoms with Gasteiger partial charge in [0.15, 0.2) is 0 Å². The lowest BCUT2D eigenvalue weighted by Gasteiger charge is -2.22. The van der Waals surface area contributed by atoms with Gasteiger partial charge in [-0.1, -0.05) is 72.1 Å². The fourth-order valence-corrected chi connectivity index (χ4v) is 4.84. The number of thiophene rings is 1. The number of carbonyl (C=O) groups is 3. The number of anilines is 1. The van der Waals surface area contributed by atoms with Gasteiger partial charge in [0.1, 0.15) is 5.00 Å². The molecule has 0 radical (unpaired) electrons. The summed E-state index contributed by atoms with van der Waals surface area (Å²) in [7, 11) is 0. The third-order valence-corrected chi connectivity index (χ3v) is 6.89. The van der Waals surface area contributed by atoms with Crippen molar-refractivity contribution in [3.05, 3.63) is 16.0 Å². The minimum atomic E-state index is -1.14. The number of aromatic carboxylic acids is 1. The van der Waals surface area contributed by atoms with Crippen LogP contribution in [0, 0.1) is 6.92 Å². The van der Waals surface area contributed by atoms with E-state index >= 15 is 0 Å². The first kappa shape index (κ1) is 28.9. The molecule has 188 valence electrons. The summed E-state index contributed by atoms with van der Waals surface area (Å²) in [5.41, 5.74) is 0.419. The molecule has 0 saturated carbocycles. The Kier molecular flexibility index (Phi) is 14.5. The molecule has 1 aromatic heterocycles. The van der Waals surface area contributed by atoms with Crippen molar-refractivity contribution in [1.82, 2.24) is 10.2 Å². The summed E-state index contributed by atoms with van der Waals surface area (Å²) in [4.78, 5) is 39.8. The molecule has 0 saturated heterocycles. The number of hydrogen-bond donors (Lipinski definition) is 3. The normalized spacial score (nSPS) is 10.8. The summed E-state index contributed by atoms with van der Waals surface area (Å²) in [6.07, 6.45) is 11.7. The minimum absolute atomic E-state index is 0.00191. The Balaban J connectivity index is 2.84. The lowest BCUT2D eigenvalue weighted by atomic mass is 10.1. The van der Waals surface area contributed by atoms with Gasteiger partial charge in [0.05, 0.1) is 10.4 Å². The molecule has 0 aromatic carbocycles.